The third kappa shape index (κ3) is 10.8. The van der Waals surface area contributed by atoms with Crippen LogP contribution in [0.4, 0.5) is 0 Å². The van der Waals surface area contributed by atoms with E-state index in [0.29, 0.717) is 6.04 Å². The Balaban J connectivity index is 0.000000271. The van der Waals surface area contributed by atoms with E-state index in [1.54, 1.807) is 7.11 Å². The molecular formula is C24H38N2O. The number of benzene rings is 2. The maximum Gasteiger partial charge on any atom is 0.118 e. The van der Waals surface area contributed by atoms with Crippen LogP contribution < -0.4 is 15.4 Å². The van der Waals surface area contributed by atoms with Gasteiger partial charge in [-0.25, -0.2) is 0 Å². The molecule has 150 valence electrons. The predicted octanol–water partition coefficient (Wildman–Crippen LogP) is 5.72. The standard InChI is InChI=1S/C12H19NO.C12H19N/c1-12(2,3)13-9-10-5-7-11(14-4)8-6-10;1-10(13-12(2,3)4)11-8-6-5-7-9-11/h5-8,13H,9H2,1-4H3;5-10,13H,1-4H3/t;10-/m.1/s1. The topological polar surface area (TPSA) is 33.3 Å². The van der Waals surface area contributed by atoms with Gasteiger partial charge in [-0.2, -0.15) is 0 Å². The highest BCUT2D eigenvalue weighted by atomic mass is 16.5. The van der Waals surface area contributed by atoms with Crippen LogP contribution in [0.1, 0.15) is 65.6 Å². The van der Waals surface area contributed by atoms with Gasteiger partial charge in [-0.1, -0.05) is 42.5 Å². The molecule has 2 N–H and O–H groups in total. The monoisotopic (exact) mass is 370 g/mol. The first-order valence-corrected chi connectivity index (χ1v) is 9.71. The average molecular weight is 371 g/mol. The van der Waals surface area contributed by atoms with Gasteiger partial charge in [0.25, 0.3) is 0 Å². The maximum absolute atomic E-state index is 5.09. The predicted molar refractivity (Wildman–Crippen MR) is 117 cm³/mol. The van der Waals surface area contributed by atoms with Crippen molar-refractivity contribution in [1.82, 2.24) is 10.6 Å². The molecule has 0 radical (unpaired) electrons. The first-order valence-electron chi connectivity index (χ1n) is 9.71. The van der Waals surface area contributed by atoms with Crippen molar-refractivity contribution >= 4 is 0 Å². The molecule has 0 aliphatic rings. The van der Waals surface area contributed by atoms with Crippen LogP contribution in [0.3, 0.4) is 0 Å². The number of ether oxygens (including phenoxy) is 1. The highest BCUT2D eigenvalue weighted by molar-refractivity contribution is 5.27. The lowest BCUT2D eigenvalue weighted by atomic mass is 10.0. The van der Waals surface area contributed by atoms with Gasteiger partial charge in [0.15, 0.2) is 0 Å². The summed E-state index contributed by atoms with van der Waals surface area (Å²) < 4.78 is 5.09. The smallest absolute Gasteiger partial charge is 0.118 e. The van der Waals surface area contributed by atoms with E-state index in [1.165, 1.54) is 11.1 Å². The van der Waals surface area contributed by atoms with Gasteiger partial charge < -0.3 is 15.4 Å². The molecule has 0 aliphatic heterocycles. The van der Waals surface area contributed by atoms with E-state index in [9.17, 15) is 0 Å². The van der Waals surface area contributed by atoms with Gasteiger partial charge in [0.1, 0.15) is 5.75 Å². The Morgan fingerprint density at radius 2 is 1.37 bits per heavy atom. The summed E-state index contributed by atoms with van der Waals surface area (Å²) in [5, 5.41) is 6.97. The Morgan fingerprint density at radius 3 is 1.81 bits per heavy atom. The summed E-state index contributed by atoms with van der Waals surface area (Å²) in [6, 6.07) is 19.1. The van der Waals surface area contributed by atoms with E-state index in [2.05, 4.69) is 95.5 Å². The molecule has 2 rings (SSSR count). The third-order valence-electron chi connectivity index (χ3n) is 3.93. The molecule has 0 saturated heterocycles. The Bertz CT molecular complexity index is 637. The number of methoxy groups -OCH3 is 1. The molecule has 0 aromatic heterocycles. The van der Waals surface area contributed by atoms with Crippen molar-refractivity contribution in [3.63, 3.8) is 0 Å². The molecule has 0 heterocycles. The van der Waals surface area contributed by atoms with Crippen LogP contribution in [-0.4, -0.2) is 18.2 Å². The zero-order valence-corrected chi connectivity index (χ0v) is 18.4. The summed E-state index contributed by atoms with van der Waals surface area (Å²) in [6.07, 6.45) is 0. The fourth-order valence-electron chi connectivity index (χ4n) is 2.59. The molecule has 3 heteroatoms. The molecular weight excluding hydrogens is 332 g/mol. The zero-order chi connectivity index (χ0) is 20.5. The summed E-state index contributed by atoms with van der Waals surface area (Å²) in [6.45, 7) is 16.1. The van der Waals surface area contributed by atoms with E-state index in [4.69, 9.17) is 4.74 Å². The molecule has 0 amide bonds. The molecule has 0 unspecified atom stereocenters. The molecule has 1 atom stereocenters. The van der Waals surface area contributed by atoms with Crippen molar-refractivity contribution < 1.29 is 4.74 Å². The minimum Gasteiger partial charge on any atom is -0.497 e. The Kier molecular flexibility index (Phi) is 9.01. The van der Waals surface area contributed by atoms with E-state index >= 15 is 0 Å². The average Bonchev–Trinajstić information content (AvgIpc) is 2.60. The summed E-state index contributed by atoms with van der Waals surface area (Å²) in [5.41, 5.74) is 2.97. The molecule has 0 spiro atoms. The van der Waals surface area contributed by atoms with Gasteiger partial charge in [0, 0.05) is 23.7 Å². The van der Waals surface area contributed by atoms with Crippen LogP contribution in [0.15, 0.2) is 54.6 Å². The summed E-state index contributed by atoms with van der Waals surface area (Å²) >= 11 is 0. The normalized spacial score (nSPS) is 12.7. The van der Waals surface area contributed by atoms with Crippen LogP contribution in [0.2, 0.25) is 0 Å². The van der Waals surface area contributed by atoms with Gasteiger partial charge >= 0.3 is 0 Å². The first-order chi connectivity index (χ1) is 12.5. The van der Waals surface area contributed by atoms with E-state index in [0.717, 1.165) is 12.3 Å². The van der Waals surface area contributed by atoms with Crippen LogP contribution in [0, 0.1) is 0 Å². The highest BCUT2D eigenvalue weighted by Gasteiger charge is 2.14. The Hall–Kier alpha value is -1.84. The lowest BCUT2D eigenvalue weighted by Crippen LogP contribution is -2.37. The zero-order valence-electron chi connectivity index (χ0n) is 18.4. The van der Waals surface area contributed by atoms with Crippen LogP contribution in [0.25, 0.3) is 0 Å². The number of hydrogen-bond donors (Lipinski definition) is 2. The van der Waals surface area contributed by atoms with Crippen LogP contribution in [-0.2, 0) is 6.54 Å². The number of rotatable bonds is 5. The van der Waals surface area contributed by atoms with Crippen molar-refractivity contribution in [2.24, 2.45) is 0 Å². The van der Waals surface area contributed by atoms with Crippen LogP contribution in [0.5, 0.6) is 5.75 Å². The minimum absolute atomic E-state index is 0.167. The lowest BCUT2D eigenvalue weighted by molar-refractivity contribution is 0.378. The van der Waals surface area contributed by atoms with Crippen molar-refractivity contribution in [2.75, 3.05) is 7.11 Å². The molecule has 2 aromatic carbocycles. The van der Waals surface area contributed by atoms with Crippen molar-refractivity contribution in [2.45, 2.75) is 72.1 Å². The Morgan fingerprint density at radius 1 is 0.815 bits per heavy atom. The van der Waals surface area contributed by atoms with E-state index in [-0.39, 0.29) is 11.1 Å². The molecule has 0 fully saturated rings. The molecule has 2 aromatic rings. The minimum atomic E-state index is 0.167. The van der Waals surface area contributed by atoms with Crippen molar-refractivity contribution in [1.29, 1.82) is 0 Å². The number of hydrogen-bond acceptors (Lipinski definition) is 3. The largest absolute Gasteiger partial charge is 0.497 e. The summed E-state index contributed by atoms with van der Waals surface area (Å²) in [7, 11) is 1.68. The van der Waals surface area contributed by atoms with Crippen molar-refractivity contribution in [3.8, 4) is 5.75 Å². The quantitative estimate of drug-likeness (QED) is 0.706. The fraction of sp³-hybridized carbons (Fsp3) is 0.500. The highest BCUT2D eigenvalue weighted by Crippen LogP contribution is 2.15. The SMILES string of the molecule is COc1ccc(CNC(C)(C)C)cc1.C[C@@H](NC(C)(C)C)c1ccccc1. The molecule has 0 aliphatic carbocycles. The van der Waals surface area contributed by atoms with Crippen molar-refractivity contribution in [3.05, 3.63) is 65.7 Å². The molecule has 0 saturated carbocycles. The Labute approximate surface area is 166 Å². The maximum atomic E-state index is 5.09. The molecule has 27 heavy (non-hydrogen) atoms. The fourth-order valence-corrected chi connectivity index (χ4v) is 2.59. The number of nitrogens with one attached hydrogen (secondary N) is 2. The lowest BCUT2D eigenvalue weighted by Gasteiger charge is -2.26. The van der Waals surface area contributed by atoms with Gasteiger partial charge in [-0.15, -0.1) is 0 Å². The second-order valence-electron chi connectivity index (χ2n) is 8.98. The summed E-state index contributed by atoms with van der Waals surface area (Å²) in [5.74, 6) is 0.907. The van der Waals surface area contributed by atoms with E-state index in [1.807, 2.05) is 18.2 Å². The molecule has 3 nitrogen and oxygen atoms in total. The van der Waals surface area contributed by atoms with Gasteiger partial charge in [-0.3, -0.25) is 0 Å². The van der Waals surface area contributed by atoms with Gasteiger partial charge in [0.2, 0.25) is 0 Å². The second-order valence-corrected chi connectivity index (χ2v) is 8.98. The third-order valence-corrected chi connectivity index (χ3v) is 3.93. The molecule has 0 bridgehead atoms. The van der Waals surface area contributed by atoms with Crippen LogP contribution >= 0.6 is 0 Å². The van der Waals surface area contributed by atoms with Gasteiger partial charge in [-0.05, 0) is 71.7 Å². The second kappa shape index (κ2) is 10.5. The van der Waals surface area contributed by atoms with Gasteiger partial charge in [0.05, 0.1) is 7.11 Å². The van der Waals surface area contributed by atoms with E-state index < -0.39 is 0 Å². The first kappa shape index (κ1) is 23.2. The summed E-state index contributed by atoms with van der Waals surface area (Å²) in [4.78, 5) is 0.